The Morgan fingerprint density at radius 3 is 2.57 bits per heavy atom. The molecule has 1 aromatic heterocycles. The number of carbonyl (C=O) groups is 1. The van der Waals surface area contributed by atoms with Gasteiger partial charge in [0.15, 0.2) is 0 Å². The Morgan fingerprint density at radius 1 is 1.29 bits per heavy atom. The molecule has 0 bridgehead atoms. The highest BCUT2D eigenvalue weighted by Crippen LogP contribution is 2.22. The minimum absolute atomic E-state index is 0.0443. The molecule has 3 N–H and O–H groups in total. The third-order valence-corrected chi connectivity index (χ3v) is 3.89. The lowest BCUT2D eigenvalue weighted by Gasteiger charge is -2.09. The van der Waals surface area contributed by atoms with Crippen LogP contribution in [0.5, 0.6) is 0 Å². The second kappa shape index (κ2) is 5.88. The lowest BCUT2D eigenvalue weighted by Crippen LogP contribution is -2.19. The predicted molar refractivity (Wildman–Crippen MR) is 77.7 cm³/mol. The van der Waals surface area contributed by atoms with Crippen LogP contribution in [0, 0.1) is 5.82 Å². The number of hydrogen-bond acceptors (Lipinski definition) is 4. The van der Waals surface area contributed by atoms with Gasteiger partial charge >= 0.3 is 0 Å². The summed E-state index contributed by atoms with van der Waals surface area (Å²) in [5.74, 6) is -1.39. The number of sulfonamides is 1. The third-order valence-electron chi connectivity index (χ3n) is 2.46. The normalized spacial score (nSPS) is 11.2. The number of benzene rings is 1. The minimum atomic E-state index is -4.09. The largest absolute Gasteiger partial charge is 0.319 e. The van der Waals surface area contributed by atoms with Gasteiger partial charge in [-0.3, -0.25) is 4.79 Å². The monoisotopic (exact) mass is 373 g/mol. The van der Waals surface area contributed by atoms with Crippen molar-refractivity contribution >= 4 is 37.5 Å². The fourth-order valence-electron chi connectivity index (χ4n) is 1.54. The summed E-state index contributed by atoms with van der Waals surface area (Å²) in [5, 5.41) is 7.30. The zero-order chi connectivity index (χ0) is 15.6. The first-order chi connectivity index (χ1) is 9.77. The van der Waals surface area contributed by atoms with E-state index in [1.165, 1.54) is 12.3 Å². The zero-order valence-corrected chi connectivity index (χ0v) is 12.8. The first-order valence-corrected chi connectivity index (χ1v) is 7.86. The van der Waals surface area contributed by atoms with Crippen molar-refractivity contribution in [3.63, 3.8) is 0 Å². The van der Waals surface area contributed by atoms with Crippen LogP contribution >= 0.6 is 15.9 Å². The Balaban J connectivity index is 2.37. The zero-order valence-electron chi connectivity index (χ0n) is 10.4. The van der Waals surface area contributed by atoms with E-state index in [9.17, 15) is 17.6 Å². The molecule has 1 aromatic carbocycles. The molecule has 1 amide bonds. The molecule has 9 heteroatoms. The summed E-state index contributed by atoms with van der Waals surface area (Å²) >= 11 is 3.17. The molecule has 0 aliphatic carbocycles. The van der Waals surface area contributed by atoms with Crippen molar-refractivity contribution < 1.29 is 17.6 Å². The highest BCUT2D eigenvalue weighted by Gasteiger charge is 2.17. The van der Waals surface area contributed by atoms with Gasteiger partial charge in [0.25, 0.3) is 5.91 Å². The van der Waals surface area contributed by atoms with Gasteiger partial charge in [-0.05, 0) is 46.3 Å². The number of amides is 1. The summed E-state index contributed by atoms with van der Waals surface area (Å²) < 4.78 is 36.7. The van der Waals surface area contributed by atoms with Crippen LogP contribution in [0.3, 0.4) is 0 Å². The van der Waals surface area contributed by atoms with Crippen LogP contribution in [0.15, 0.2) is 45.9 Å². The van der Waals surface area contributed by atoms with Gasteiger partial charge in [-0.1, -0.05) is 0 Å². The van der Waals surface area contributed by atoms with Crippen LogP contribution in [0.4, 0.5) is 10.1 Å². The standard InChI is InChI=1S/C12H9BrFN3O3S/c13-7-1-3-9(16-6-7)12(18)17-10-5-8(14)2-4-11(10)21(15,19)20/h1-6H,(H,17,18)(H2,15,19,20). The molecule has 0 unspecified atom stereocenters. The van der Waals surface area contributed by atoms with E-state index < -0.39 is 21.7 Å². The molecule has 0 atom stereocenters. The Hall–Kier alpha value is -1.84. The molecule has 0 aliphatic heterocycles. The Kier molecular flexibility index (Phi) is 4.35. The molecule has 0 radical (unpaired) electrons. The van der Waals surface area contributed by atoms with Crippen LogP contribution in [-0.2, 0) is 10.0 Å². The molecule has 0 spiro atoms. The van der Waals surface area contributed by atoms with E-state index in [4.69, 9.17) is 5.14 Å². The smallest absolute Gasteiger partial charge is 0.274 e. The lowest BCUT2D eigenvalue weighted by molar-refractivity contribution is 0.102. The number of rotatable bonds is 3. The van der Waals surface area contributed by atoms with E-state index in [0.717, 1.165) is 18.2 Å². The number of aromatic nitrogens is 1. The molecule has 2 rings (SSSR count). The summed E-state index contributed by atoms with van der Waals surface area (Å²) in [6.07, 6.45) is 1.40. The van der Waals surface area contributed by atoms with Crippen LogP contribution < -0.4 is 10.5 Å². The van der Waals surface area contributed by atoms with E-state index in [1.807, 2.05) is 0 Å². The average Bonchev–Trinajstić information content (AvgIpc) is 2.38. The maximum atomic E-state index is 13.2. The second-order valence-corrected chi connectivity index (χ2v) is 6.45. The molecule has 0 saturated carbocycles. The van der Waals surface area contributed by atoms with Gasteiger partial charge in [0.1, 0.15) is 16.4 Å². The molecule has 110 valence electrons. The van der Waals surface area contributed by atoms with Crippen molar-refractivity contribution in [2.45, 2.75) is 4.90 Å². The first kappa shape index (κ1) is 15.5. The van der Waals surface area contributed by atoms with E-state index >= 15 is 0 Å². The Bertz CT molecular complexity index is 794. The summed E-state index contributed by atoms with van der Waals surface area (Å²) in [7, 11) is -4.09. The number of pyridine rings is 1. The van der Waals surface area contributed by atoms with E-state index in [-0.39, 0.29) is 16.3 Å². The van der Waals surface area contributed by atoms with Crippen molar-refractivity contribution in [1.29, 1.82) is 0 Å². The Labute approximate surface area is 128 Å². The van der Waals surface area contributed by atoms with Crippen molar-refractivity contribution in [3.05, 3.63) is 52.5 Å². The number of anilines is 1. The summed E-state index contributed by atoms with van der Waals surface area (Å²) in [6, 6.07) is 5.81. The van der Waals surface area contributed by atoms with Gasteiger partial charge < -0.3 is 5.32 Å². The lowest BCUT2D eigenvalue weighted by atomic mass is 10.3. The highest BCUT2D eigenvalue weighted by atomic mass is 79.9. The number of nitrogens with one attached hydrogen (secondary N) is 1. The van der Waals surface area contributed by atoms with Crippen molar-refractivity contribution in [2.75, 3.05) is 5.32 Å². The quantitative estimate of drug-likeness (QED) is 0.857. The van der Waals surface area contributed by atoms with Crippen molar-refractivity contribution in [2.24, 2.45) is 5.14 Å². The van der Waals surface area contributed by atoms with Crippen LogP contribution in [0.25, 0.3) is 0 Å². The number of carbonyl (C=O) groups excluding carboxylic acids is 1. The van der Waals surface area contributed by atoms with E-state index in [1.54, 1.807) is 6.07 Å². The van der Waals surface area contributed by atoms with Crippen molar-refractivity contribution in [3.8, 4) is 0 Å². The topological polar surface area (TPSA) is 102 Å². The van der Waals surface area contributed by atoms with Gasteiger partial charge in [0.2, 0.25) is 10.0 Å². The molecule has 0 aliphatic rings. The molecule has 0 saturated heterocycles. The second-order valence-electron chi connectivity index (χ2n) is 4.00. The highest BCUT2D eigenvalue weighted by molar-refractivity contribution is 9.10. The average molecular weight is 374 g/mol. The summed E-state index contributed by atoms with van der Waals surface area (Å²) in [5.41, 5.74) is -0.199. The third kappa shape index (κ3) is 3.84. The van der Waals surface area contributed by atoms with E-state index in [2.05, 4.69) is 26.2 Å². The summed E-state index contributed by atoms with van der Waals surface area (Å²) in [6.45, 7) is 0. The molecule has 21 heavy (non-hydrogen) atoms. The number of nitrogens with zero attached hydrogens (tertiary/aromatic N) is 1. The van der Waals surface area contributed by atoms with Gasteiger partial charge in [0, 0.05) is 10.7 Å². The van der Waals surface area contributed by atoms with E-state index in [0.29, 0.717) is 4.47 Å². The van der Waals surface area contributed by atoms with Gasteiger partial charge in [0.05, 0.1) is 5.69 Å². The fraction of sp³-hybridized carbons (Fsp3) is 0. The molecule has 2 aromatic rings. The predicted octanol–water partition coefficient (Wildman–Crippen LogP) is 1.88. The number of nitrogens with two attached hydrogens (primary N) is 1. The molecular weight excluding hydrogens is 365 g/mol. The van der Waals surface area contributed by atoms with Crippen molar-refractivity contribution in [1.82, 2.24) is 4.98 Å². The number of hydrogen-bond donors (Lipinski definition) is 2. The van der Waals surface area contributed by atoms with Crippen LogP contribution in [-0.4, -0.2) is 19.3 Å². The summed E-state index contributed by atoms with van der Waals surface area (Å²) in [4.78, 5) is 15.4. The van der Waals surface area contributed by atoms with Crippen LogP contribution in [0.1, 0.15) is 10.5 Å². The molecular formula is C12H9BrFN3O3S. The maximum absolute atomic E-state index is 13.2. The fourth-order valence-corrected chi connectivity index (χ4v) is 2.45. The maximum Gasteiger partial charge on any atom is 0.274 e. The molecule has 1 heterocycles. The van der Waals surface area contributed by atoms with Crippen LogP contribution in [0.2, 0.25) is 0 Å². The van der Waals surface area contributed by atoms with Gasteiger partial charge in [-0.25, -0.2) is 22.9 Å². The molecule has 0 fully saturated rings. The Morgan fingerprint density at radius 2 is 2.00 bits per heavy atom. The van der Waals surface area contributed by atoms with Gasteiger partial charge in [-0.2, -0.15) is 0 Å². The SMILES string of the molecule is NS(=O)(=O)c1ccc(F)cc1NC(=O)c1ccc(Br)cn1. The number of primary sulfonamides is 1. The minimum Gasteiger partial charge on any atom is -0.319 e. The molecule has 6 nitrogen and oxygen atoms in total. The first-order valence-electron chi connectivity index (χ1n) is 5.52. The van der Waals surface area contributed by atoms with Gasteiger partial charge in [-0.15, -0.1) is 0 Å². The number of halogens is 2.